The monoisotopic (exact) mass is 239 g/mol. The Hall–Kier alpha value is -2.33. The number of rotatable bonds is 3. The lowest BCUT2D eigenvalue weighted by Crippen LogP contribution is -1.98. The van der Waals surface area contributed by atoms with Crippen molar-refractivity contribution < 1.29 is 5.11 Å². The lowest BCUT2D eigenvalue weighted by Gasteiger charge is -2.09. The summed E-state index contributed by atoms with van der Waals surface area (Å²) in [5, 5.41) is 13.6. The Bertz CT molecular complexity index is 675. The Kier molecular flexibility index (Phi) is 2.70. The summed E-state index contributed by atoms with van der Waals surface area (Å²) in [6.45, 7) is -0.0269. The number of pyridine rings is 1. The lowest BCUT2D eigenvalue weighted by molar-refractivity contribution is 0.282. The van der Waals surface area contributed by atoms with E-state index in [1.807, 2.05) is 42.6 Å². The quantitative estimate of drug-likeness (QED) is 0.658. The third-order valence-electron chi connectivity index (χ3n) is 2.88. The Morgan fingerprint density at radius 3 is 3.06 bits per heavy atom. The van der Waals surface area contributed by atoms with Crippen LogP contribution >= 0.6 is 0 Å². The molecule has 0 amide bonds. The number of aromatic amines is 1. The maximum Gasteiger partial charge on any atom is 0.135 e. The van der Waals surface area contributed by atoms with Gasteiger partial charge in [0.25, 0.3) is 0 Å². The minimum Gasteiger partial charge on any atom is -0.392 e. The molecule has 0 aliphatic heterocycles. The fourth-order valence-electron chi connectivity index (χ4n) is 1.94. The molecule has 4 nitrogen and oxygen atoms in total. The van der Waals surface area contributed by atoms with Crippen LogP contribution in [-0.2, 0) is 6.61 Å². The summed E-state index contributed by atoms with van der Waals surface area (Å²) in [5.74, 6) is 0.686. The molecule has 0 aliphatic rings. The second-order valence-corrected chi connectivity index (χ2v) is 4.07. The molecule has 0 spiro atoms. The predicted octanol–water partition coefficient (Wildman–Crippen LogP) is 2.80. The van der Waals surface area contributed by atoms with E-state index in [4.69, 9.17) is 0 Å². The smallest absolute Gasteiger partial charge is 0.135 e. The summed E-state index contributed by atoms with van der Waals surface area (Å²) in [6.07, 6.45) is 3.61. The van der Waals surface area contributed by atoms with E-state index >= 15 is 0 Å². The van der Waals surface area contributed by atoms with Gasteiger partial charge < -0.3 is 15.4 Å². The van der Waals surface area contributed by atoms with Gasteiger partial charge >= 0.3 is 0 Å². The highest BCUT2D eigenvalue weighted by Gasteiger charge is 2.03. The molecule has 0 saturated heterocycles. The van der Waals surface area contributed by atoms with Gasteiger partial charge in [0, 0.05) is 29.2 Å². The number of nitrogens with zero attached hydrogens (tertiary/aromatic N) is 1. The Balaban J connectivity index is 1.95. The molecule has 0 unspecified atom stereocenters. The topological polar surface area (TPSA) is 60.9 Å². The van der Waals surface area contributed by atoms with E-state index in [0.29, 0.717) is 5.82 Å². The molecule has 90 valence electrons. The van der Waals surface area contributed by atoms with Crippen LogP contribution in [0.15, 0.2) is 48.8 Å². The second kappa shape index (κ2) is 4.50. The normalized spacial score (nSPS) is 10.7. The zero-order valence-corrected chi connectivity index (χ0v) is 9.72. The maximum absolute atomic E-state index is 9.25. The van der Waals surface area contributed by atoms with Crippen molar-refractivity contribution in [3.05, 3.63) is 54.4 Å². The zero-order chi connectivity index (χ0) is 12.4. The first kappa shape index (κ1) is 10.8. The highest BCUT2D eigenvalue weighted by molar-refractivity contribution is 5.83. The molecule has 4 heteroatoms. The molecule has 0 saturated carbocycles. The molecule has 0 bridgehead atoms. The average molecular weight is 239 g/mol. The third kappa shape index (κ3) is 1.94. The molecule has 3 aromatic rings. The van der Waals surface area contributed by atoms with Crippen molar-refractivity contribution >= 4 is 22.4 Å². The van der Waals surface area contributed by atoms with Crippen LogP contribution in [0.4, 0.5) is 11.5 Å². The largest absolute Gasteiger partial charge is 0.392 e. The first-order chi connectivity index (χ1) is 8.86. The molecule has 2 aromatic heterocycles. The van der Waals surface area contributed by atoms with Crippen molar-refractivity contribution in [3.8, 4) is 0 Å². The van der Waals surface area contributed by atoms with Crippen LogP contribution < -0.4 is 5.32 Å². The minimum absolute atomic E-state index is 0.0269. The summed E-state index contributed by atoms with van der Waals surface area (Å²) >= 11 is 0. The van der Waals surface area contributed by atoms with Crippen LogP contribution in [0.5, 0.6) is 0 Å². The van der Waals surface area contributed by atoms with Crippen LogP contribution in [0.1, 0.15) is 5.56 Å². The Morgan fingerprint density at radius 2 is 2.17 bits per heavy atom. The van der Waals surface area contributed by atoms with Crippen LogP contribution in [0.3, 0.4) is 0 Å². The lowest BCUT2D eigenvalue weighted by atomic mass is 10.2. The van der Waals surface area contributed by atoms with Crippen molar-refractivity contribution in [1.29, 1.82) is 0 Å². The van der Waals surface area contributed by atoms with Gasteiger partial charge in [0.1, 0.15) is 5.82 Å². The fourth-order valence-corrected chi connectivity index (χ4v) is 1.94. The highest BCUT2D eigenvalue weighted by atomic mass is 16.3. The van der Waals surface area contributed by atoms with Gasteiger partial charge in [-0.05, 0) is 29.7 Å². The molecule has 18 heavy (non-hydrogen) atoms. The number of hydrogen-bond donors (Lipinski definition) is 3. The molecular formula is C14H13N3O. The van der Waals surface area contributed by atoms with Crippen molar-refractivity contribution in [2.45, 2.75) is 6.61 Å². The van der Waals surface area contributed by atoms with E-state index in [0.717, 1.165) is 16.8 Å². The van der Waals surface area contributed by atoms with Crippen LogP contribution in [0, 0.1) is 0 Å². The summed E-state index contributed by atoms with van der Waals surface area (Å²) in [5.41, 5.74) is 2.80. The summed E-state index contributed by atoms with van der Waals surface area (Å²) in [7, 11) is 0. The first-order valence-corrected chi connectivity index (χ1v) is 5.76. The van der Waals surface area contributed by atoms with Gasteiger partial charge in [-0.3, -0.25) is 0 Å². The molecule has 2 heterocycles. The number of aliphatic hydroxyl groups is 1. The van der Waals surface area contributed by atoms with Gasteiger partial charge in [-0.2, -0.15) is 0 Å². The molecule has 1 aromatic carbocycles. The molecule has 0 atom stereocenters. The number of benzene rings is 1. The zero-order valence-electron chi connectivity index (χ0n) is 9.72. The Labute approximate surface area is 104 Å². The predicted molar refractivity (Wildman–Crippen MR) is 71.7 cm³/mol. The fraction of sp³-hybridized carbons (Fsp3) is 0.0714. The highest BCUT2D eigenvalue weighted by Crippen LogP contribution is 2.22. The molecule has 3 rings (SSSR count). The molecular weight excluding hydrogens is 226 g/mol. The number of hydrogen-bond acceptors (Lipinski definition) is 3. The summed E-state index contributed by atoms with van der Waals surface area (Å²) in [4.78, 5) is 7.40. The van der Waals surface area contributed by atoms with E-state index < -0.39 is 0 Å². The number of aliphatic hydroxyl groups excluding tert-OH is 1. The van der Waals surface area contributed by atoms with Crippen LogP contribution in [-0.4, -0.2) is 15.1 Å². The van der Waals surface area contributed by atoms with Gasteiger partial charge in [-0.25, -0.2) is 4.98 Å². The van der Waals surface area contributed by atoms with Crippen molar-refractivity contribution in [1.82, 2.24) is 9.97 Å². The number of nitrogens with one attached hydrogen (secondary N) is 2. The van der Waals surface area contributed by atoms with E-state index in [9.17, 15) is 5.11 Å². The first-order valence-electron chi connectivity index (χ1n) is 5.76. The summed E-state index contributed by atoms with van der Waals surface area (Å²) < 4.78 is 0. The van der Waals surface area contributed by atoms with E-state index in [-0.39, 0.29) is 6.61 Å². The average Bonchev–Trinajstić information content (AvgIpc) is 2.87. The van der Waals surface area contributed by atoms with Gasteiger partial charge in [-0.1, -0.05) is 12.1 Å². The van der Waals surface area contributed by atoms with Crippen molar-refractivity contribution in [2.75, 3.05) is 5.32 Å². The van der Waals surface area contributed by atoms with Gasteiger partial charge in [0.05, 0.1) is 6.61 Å². The maximum atomic E-state index is 9.25. The van der Waals surface area contributed by atoms with Gasteiger partial charge in [0.2, 0.25) is 0 Å². The third-order valence-corrected chi connectivity index (χ3v) is 2.88. The number of fused-ring (bicyclic) bond motifs is 1. The molecule has 3 N–H and O–H groups in total. The van der Waals surface area contributed by atoms with Crippen molar-refractivity contribution in [3.63, 3.8) is 0 Å². The molecule has 0 fully saturated rings. The van der Waals surface area contributed by atoms with E-state index in [2.05, 4.69) is 15.3 Å². The van der Waals surface area contributed by atoms with Crippen LogP contribution in [0.2, 0.25) is 0 Å². The second-order valence-electron chi connectivity index (χ2n) is 4.07. The van der Waals surface area contributed by atoms with Gasteiger partial charge in [-0.15, -0.1) is 0 Å². The SMILES string of the molecule is OCc1cccnc1Nc1ccc2cc[nH]c2c1. The number of aromatic nitrogens is 2. The number of anilines is 2. The summed E-state index contributed by atoms with van der Waals surface area (Å²) in [6, 6.07) is 11.7. The van der Waals surface area contributed by atoms with E-state index in [1.54, 1.807) is 6.20 Å². The van der Waals surface area contributed by atoms with Gasteiger partial charge in [0.15, 0.2) is 0 Å². The van der Waals surface area contributed by atoms with Crippen molar-refractivity contribution in [2.24, 2.45) is 0 Å². The number of H-pyrrole nitrogens is 1. The Morgan fingerprint density at radius 1 is 1.22 bits per heavy atom. The van der Waals surface area contributed by atoms with Crippen LogP contribution in [0.25, 0.3) is 10.9 Å². The standard InChI is InChI=1S/C14H13N3O/c18-9-11-2-1-6-16-14(11)17-12-4-3-10-5-7-15-13(10)8-12/h1-8,15,18H,9H2,(H,16,17). The molecule has 0 aliphatic carbocycles. The van der Waals surface area contributed by atoms with E-state index in [1.165, 1.54) is 5.39 Å². The minimum atomic E-state index is -0.0269. The molecule has 0 radical (unpaired) electrons.